The van der Waals surface area contributed by atoms with E-state index in [0.29, 0.717) is 5.92 Å². The maximum Gasteiger partial charge on any atom is 0.133 e. The molecule has 0 saturated carbocycles. The number of carbonyl (C=O) groups excluding carboxylic acids is 1. The van der Waals surface area contributed by atoms with Gasteiger partial charge in [0.1, 0.15) is 11.6 Å². The van der Waals surface area contributed by atoms with Crippen LogP contribution < -0.4 is 0 Å². The van der Waals surface area contributed by atoms with Gasteiger partial charge < -0.3 is 4.90 Å². The monoisotopic (exact) mass is 263 g/mol. The Bertz CT molecular complexity index is 421. The van der Waals surface area contributed by atoms with Gasteiger partial charge in [0, 0.05) is 5.92 Å². The maximum absolute atomic E-state index is 12.9. The smallest absolute Gasteiger partial charge is 0.133 e. The van der Waals surface area contributed by atoms with Crippen LogP contribution in [0.3, 0.4) is 0 Å². The molecule has 0 aromatic heterocycles. The molecule has 1 saturated heterocycles. The zero-order chi connectivity index (χ0) is 13.8. The molecule has 1 unspecified atom stereocenters. The Hall–Kier alpha value is -1.22. The highest BCUT2D eigenvalue weighted by Crippen LogP contribution is 2.28. The van der Waals surface area contributed by atoms with Crippen LogP contribution in [0.5, 0.6) is 0 Å². The molecular weight excluding hydrogens is 241 g/mol. The molecule has 104 valence electrons. The largest absolute Gasteiger partial charge is 0.306 e. The Morgan fingerprint density at radius 1 is 1.32 bits per heavy atom. The minimum absolute atomic E-state index is 0.0826. The third-order valence-corrected chi connectivity index (χ3v) is 4.22. The van der Waals surface area contributed by atoms with Gasteiger partial charge in [-0.05, 0) is 69.9 Å². The van der Waals surface area contributed by atoms with Crippen LogP contribution in [0, 0.1) is 17.7 Å². The predicted octanol–water partition coefficient (Wildman–Crippen LogP) is 2.92. The van der Waals surface area contributed by atoms with Crippen LogP contribution in [0.15, 0.2) is 24.3 Å². The SMILES string of the molecule is CC(=O)C(Cc1ccc(F)cc1)C1CCN(C)CC1. The lowest BCUT2D eigenvalue weighted by atomic mass is 9.79. The fourth-order valence-electron chi connectivity index (χ4n) is 2.95. The summed E-state index contributed by atoms with van der Waals surface area (Å²) in [6, 6.07) is 6.53. The van der Waals surface area contributed by atoms with Crippen molar-refractivity contribution >= 4 is 5.78 Å². The lowest BCUT2D eigenvalue weighted by molar-refractivity contribution is -0.122. The van der Waals surface area contributed by atoms with Crippen LogP contribution in [-0.2, 0) is 11.2 Å². The molecule has 2 nitrogen and oxygen atoms in total. The molecule has 1 aliphatic rings. The van der Waals surface area contributed by atoms with Crippen LogP contribution in [0.2, 0.25) is 0 Å². The van der Waals surface area contributed by atoms with E-state index in [1.165, 1.54) is 12.1 Å². The van der Waals surface area contributed by atoms with Crippen molar-refractivity contribution in [2.24, 2.45) is 11.8 Å². The topological polar surface area (TPSA) is 20.3 Å². The van der Waals surface area contributed by atoms with Gasteiger partial charge in [-0.2, -0.15) is 0 Å². The summed E-state index contributed by atoms with van der Waals surface area (Å²) in [7, 11) is 2.12. The van der Waals surface area contributed by atoms with Crippen molar-refractivity contribution < 1.29 is 9.18 Å². The van der Waals surface area contributed by atoms with Gasteiger partial charge in [-0.3, -0.25) is 4.79 Å². The van der Waals surface area contributed by atoms with E-state index in [4.69, 9.17) is 0 Å². The molecule has 0 spiro atoms. The number of hydrogen-bond acceptors (Lipinski definition) is 2. The molecule has 3 heteroatoms. The lowest BCUT2D eigenvalue weighted by Gasteiger charge is -2.33. The Kier molecular flexibility index (Phi) is 4.70. The molecule has 1 heterocycles. The van der Waals surface area contributed by atoms with Crippen molar-refractivity contribution in [3.05, 3.63) is 35.6 Å². The fourth-order valence-corrected chi connectivity index (χ4v) is 2.95. The Morgan fingerprint density at radius 2 is 1.89 bits per heavy atom. The van der Waals surface area contributed by atoms with Crippen molar-refractivity contribution in [2.75, 3.05) is 20.1 Å². The molecular formula is C16H22FNO. The third-order valence-electron chi connectivity index (χ3n) is 4.22. The Morgan fingerprint density at radius 3 is 2.42 bits per heavy atom. The van der Waals surface area contributed by atoms with Gasteiger partial charge in [-0.1, -0.05) is 12.1 Å². The summed E-state index contributed by atoms with van der Waals surface area (Å²) in [6.45, 7) is 3.82. The van der Waals surface area contributed by atoms with Gasteiger partial charge in [-0.25, -0.2) is 4.39 Å². The maximum atomic E-state index is 12.9. The second kappa shape index (κ2) is 6.29. The molecule has 1 aliphatic heterocycles. The third kappa shape index (κ3) is 3.87. The average Bonchev–Trinajstić information content (AvgIpc) is 2.39. The Balaban J connectivity index is 2.04. The average molecular weight is 263 g/mol. The van der Waals surface area contributed by atoms with E-state index in [0.717, 1.165) is 37.9 Å². The van der Waals surface area contributed by atoms with E-state index >= 15 is 0 Å². The summed E-state index contributed by atoms with van der Waals surface area (Å²) >= 11 is 0. The minimum Gasteiger partial charge on any atom is -0.306 e. The fraction of sp³-hybridized carbons (Fsp3) is 0.562. The van der Waals surface area contributed by atoms with E-state index in [9.17, 15) is 9.18 Å². The van der Waals surface area contributed by atoms with Crippen LogP contribution >= 0.6 is 0 Å². The summed E-state index contributed by atoms with van der Waals surface area (Å²) in [6.07, 6.45) is 2.91. The van der Waals surface area contributed by atoms with Crippen molar-refractivity contribution in [1.82, 2.24) is 4.90 Å². The molecule has 0 aliphatic carbocycles. The molecule has 2 rings (SSSR count). The highest BCUT2D eigenvalue weighted by Gasteiger charge is 2.28. The van der Waals surface area contributed by atoms with Gasteiger partial charge >= 0.3 is 0 Å². The molecule has 19 heavy (non-hydrogen) atoms. The second-order valence-electron chi connectivity index (χ2n) is 5.69. The molecule has 1 fully saturated rings. The first-order chi connectivity index (χ1) is 9.06. The molecule has 0 radical (unpaired) electrons. The molecule has 1 aromatic rings. The summed E-state index contributed by atoms with van der Waals surface area (Å²) in [5.41, 5.74) is 1.06. The predicted molar refractivity (Wildman–Crippen MR) is 74.5 cm³/mol. The second-order valence-corrected chi connectivity index (χ2v) is 5.69. The number of Topliss-reactive ketones (excluding diaryl/α,β-unsaturated/α-hetero) is 1. The minimum atomic E-state index is -0.220. The Labute approximate surface area is 114 Å². The highest BCUT2D eigenvalue weighted by atomic mass is 19.1. The lowest BCUT2D eigenvalue weighted by Crippen LogP contribution is -2.36. The van der Waals surface area contributed by atoms with Gasteiger partial charge in [-0.15, -0.1) is 0 Å². The number of nitrogens with zero attached hydrogens (tertiary/aromatic N) is 1. The van der Waals surface area contributed by atoms with E-state index in [1.54, 1.807) is 19.1 Å². The first kappa shape index (κ1) is 14.2. The van der Waals surface area contributed by atoms with E-state index < -0.39 is 0 Å². The number of ketones is 1. The van der Waals surface area contributed by atoms with Gasteiger partial charge in [0.15, 0.2) is 0 Å². The molecule has 0 N–H and O–H groups in total. The van der Waals surface area contributed by atoms with Crippen molar-refractivity contribution in [2.45, 2.75) is 26.2 Å². The zero-order valence-corrected chi connectivity index (χ0v) is 11.7. The molecule has 0 bridgehead atoms. The summed E-state index contributed by atoms with van der Waals surface area (Å²) in [5.74, 6) is 0.596. The van der Waals surface area contributed by atoms with Gasteiger partial charge in [0.25, 0.3) is 0 Å². The molecule has 0 amide bonds. The number of rotatable bonds is 4. The number of halogens is 1. The van der Waals surface area contributed by atoms with Crippen LogP contribution in [0.1, 0.15) is 25.3 Å². The number of piperidine rings is 1. The first-order valence-corrected chi connectivity index (χ1v) is 6.99. The van der Waals surface area contributed by atoms with Gasteiger partial charge in [0.05, 0.1) is 0 Å². The summed E-state index contributed by atoms with van der Waals surface area (Å²) < 4.78 is 12.9. The molecule has 1 atom stereocenters. The van der Waals surface area contributed by atoms with Crippen LogP contribution in [-0.4, -0.2) is 30.8 Å². The van der Waals surface area contributed by atoms with Crippen LogP contribution in [0.4, 0.5) is 4.39 Å². The quantitative estimate of drug-likeness (QED) is 0.832. The number of carbonyl (C=O) groups is 1. The van der Waals surface area contributed by atoms with E-state index in [-0.39, 0.29) is 17.5 Å². The standard InChI is InChI=1S/C16H22FNO/c1-12(19)16(14-7-9-18(2)10-8-14)11-13-3-5-15(17)6-4-13/h3-6,14,16H,7-11H2,1-2H3. The van der Waals surface area contributed by atoms with Crippen molar-refractivity contribution in [3.63, 3.8) is 0 Å². The molecule has 1 aromatic carbocycles. The van der Waals surface area contributed by atoms with Crippen molar-refractivity contribution in [1.29, 1.82) is 0 Å². The summed E-state index contributed by atoms with van der Waals surface area (Å²) in [5, 5.41) is 0. The zero-order valence-electron chi connectivity index (χ0n) is 11.7. The normalized spacial score (nSPS) is 19.3. The van der Waals surface area contributed by atoms with E-state index in [1.807, 2.05) is 0 Å². The number of benzene rings is 1. The van der Waals surface area contributed by atoms with Crippen LogP contribution in [0.25, 0.3) is 0 Å². The van der Waals surface area contributed by atoms with Crippen molar-refractivity contribution in [3.8, 4) is 0 Å². The summed E-state index contributed by atoms with van der Waals surface area (Å²) in [4.78, 5) is 14.2. The highest BCUT2D eigenvalue weighted by molar-refractivity contribution is 5.79. The van der Waals surface area contributed by atoms with E-state index in [2.05, 4.69) is 11.9 Å². The number of likely N-dealkylation sites (tertiary alicyclic amines) is 1. The first-order valence-electron chi connectivity index (χ1n) is 6.99. The number of hydrogen-bond donors (Lipinski definition) is 0. The van der Waals surface area contributed by atoms with Gasteiger partial charge in [0.2, 0.25) is 0 Å².